The molecule has 0 unspecified atom stereocenters. The summed E-state index contributed by atoms with van der Waals surface area (Å²) in [6.07, 6.45) is 5.23. The molecule has 5 aromatic rings. The molecule has 0 fully saturated rings. The van der Waals surface area contributed by atoms with E-state index in [1.54, 1.807) is 61.1 Å². The predicted molar refractivity (Wildman–Crippen MR) is 135 cm³/mol. The van der Waals surface area contributed by atoms with E-state index in [1.807, 2.05) is 24.3 Å². The number of benzene rings is 2. The van der Waals surface area contributed by atoms with Crippen molar-refractivity contribution in [3.05, 3.63) is 95.8 Å². The molecule has 3 heterocycles. The molecule has 0 atom stereocenters. The zero-order valence-corrected chi connectivity index (χ0v) is 20.3. The number of hydrogen-bond donors (Lipinski definition) is 2. The van der Waals surface area contributed by atoms with E-state index < -0.39 is 9.84 Å². The Kier molecular flexibility index (Phi) is 6.10. The number of H-pyrrole nitrogens is 1. The SMILES string of the molecule is COc1cc(-c2ccc[nH]2)ccc1S(=O)(=O)c1ccc(CNC(=O)c2cc3ccncc3s2)cc1. The highest BCUT2D eigenvalue weighted by Crippen LogP contribution is 2.33. The Morgan fingerprint density at radius 2 is 1.91 bits per heavy atom. The largest absolute Gasteiger partial charge is 0.495 e. The molecule has 176 valence electrons. The molecule has 7 nitrogen and oxygen atoms in total. The number of ether oxygens (including phenoxy) is 1. The van der Waals surface area contributed by atoms with E-state index in [0.717, 1.165) is 26.9 Å². The Hall–Kier alpha value is -3.95. The van der Waals surface area contributed by atoms with E-state index in [9.17, 15) is 13.2 Å². The Balaban J connectivity index is 1.31. The average molecular weight is 504 g/mol. The lowest BCUT2D eigenvalue weighted by Gasteiger charge is -2.12. The van der Waals surface area contributed by atoms with Gasteiger partial charge in [-0.2, -0.15) is 0 Å². The highest BCUT2D eigenvalue weighted by atomic mass is 32.2. The van der Waals surface area contributed by atoms with E-state index >= 15 is 0 Å². The lowest BCUT2D eigenvalue weighted by Crippen LogP contribution is -2.21. The quantitative estimate of drug-likeness (QED) is 0.323. The molecule has 9 heteroatoms. The summed E-state index contributed by atoms with van der Waals surface area (Å²) in [4.78, 5) is 20.6. The van der Waals surface area contributed by atoms with Crippen LogP contribution in [0.15, 0.2) is 95.1 Å². The first-order valence-electron chi connectivity index (χ1n) is 10.7. The van der Waals surface area contributed by atoms with Crippen LogP contribution >= 0.6 is 11.3 Å². The van der Waals surface area contributed by atoms with Gasteiger partial charge in [0.15, 0.2) is 0 Å². The third-order valence-electron chi connectivity index (χ3n) is 5.60. The summed E-state index contributed by atoms with van der Waals surface area (Å²) >= 11 is 1.38. The van der Waals surface area contributed by atoms with E-state index in [2.05, 4.69) is 15.3 Å². The van der Waals surface area contributed by atoms with E-state index in [0.29, 0.717) is 4.88 Å². The number of carbonyl (C=O) groups is 1. The first-order chi connectivity index (χ1) is 17.0. The van der Waals surface area contributed by atoms with E-state index in [4.69, 9.17) is 4.74 Å². The molecule has 2 aromatic carbocycles. The van der Waals surface area contributed by atoms with Gasteiger partial charge >= 0.3 is 0 Å². The minimum Gasteiger partial charge on any atom is -0.495 e. The van der Waals surface area contributed by atoms with Crippen LogP contribution in [0.5, 0.6) is 5.75 Å². The Morgan fingerprint density at radius 3 is 2.63 bits per heavy atom. The summed E-state index contributed by atoms with van der Waals surface area (Å²) in [5.74, 6) is 0.0850. The van der Waals surface area contributed by atoms with E-state index in [-0.39, 0.29) is 28.0 Å². The number of carbonyl (C=O) groups excluding carboxylic acids is 1. The fourth-order valence-corrected chi connectivity index (χ4v) is 6.09. The van der Waals surface area contributed by atoms with Gasteiger partial charge in [0.1, 0.15) is 10.6 Å². The number of nitrogens with one attached hydrogen (secondary N) is 2. The van der Waals surface area contributed by atoms with Gasteiger partial charge in [0.05, 0.1) is 21.6 Å². The second kappa shape index (κ2) is 9.36. The third kappa shape index (κ3) is 4.55. The summed E-state index contributed by atoms with van der Waals surface area (Å²) in [7, 11) is -2.35. The number of rotatable bonds is 7. The fraction of sp³-hybridized carbons (Fsp3) is 0.0769. The molecule has 1 amide bonds. The van der Waals surface area contributed by atoms with Crippen molar-refractivity contribution in [3.8, 4) is 17.0 Å². The van der Waals surface area contributed by atoms with Crippen molar-refractivity contribution in [1.82, 2.24) is 15.3 Å². The summed E-state index contributed by atoms with van der Waals surface area (Å²) in [6.45, 7) is 0.278. The molecular formula is C26H21N3O4S2. The topological polar surface area (TPSA) is 101 Å². The molecule has 0 saturated heterocycles. The highest BCUT2D eigenvalue weighted by molar-refractivity contribution is 7.91. The van der Waals surface area contributed by atoms with Crippen LogP contribution in [0.1, 0.15) is 15.2 Å². The lowest BCUT2D eigenvalue weighted by molar-refractivity contribution is 0.0955. The number of methoxy groups -OCH3 is 1. The number of sulfone groups is 1. The molecule has 0 radical (unpaired) electrons. The zero-order chi connectivity index (χ0) is 24.4. The van der Waals surface area contributed by atoms with E-state index in [1.165, 1.54) is 18.4 Å². The number of thiophene rings is 1. The zero-order valence-electron chi connectivity index (χ0n) is 18.7. The molecule has 5 rings (SSSR count). The van der Waals surface area contributed by atoms with Gasteiger partial charge in [-0.15, -0.1) is 11.3 Å². The Bertz CT molecular complexity index is 1570. The molecular weight excluding hydrogens is 482 g/mol. The van der Waals surface area contributed by atoms with Gasteiger partial charge in [-0.1, -0.05) is 18.2 Å². The standard InChI is InChI=1S/C26H21N3O4S2/c1-33-22-13-18(21-3-2-11-28-21)6-9-25(22)35(31,32)20-7-4-17(5-8-20)15-29-26(30)23-14-19-10-12-27-16-24(19)34-23/h2-14,16,28H,15H2,1H3,(H,29,30). The smallest absolute Gasteiger partial charge is 0.261 e. The van der Waals surface area contributed by atoms with Crippen molar-refractivity contribution < 1.29 is 17.9 Å². The predicted octanol–water partition coefficient (Wildman–Crippen LogP) is 5.06. The van der Waals surface area contributed by atoms with Crippen LogP contribution in [0.3, 0.4) is 0 Å². The van der Waals surface area contributed by atoms with Crippen molar-refractivity contribution in [3.63, 3.8) is 0 Å². The van der Waals surface area contributed by atoms with Crippen LogP contribution < -0.4 is 10.1 Å². The van der Waals surface area contributed by atoms with Crippen LogP contribution in [0.2, 0.25) is 0 Å². The highest BCUT2D eigenvalue weighted by Gasteiger charge is 2.23. The third-order valence-corrected chi connectivity index (χ3v) is 8.49. The molecule has 0 aliphatic carbocycles. The summed E-state index contributed by atoms with van der Waals surface area (Å²) in [6, 6.07) is 18.9. The van der Waals surface area contributed by atoms with Crippen LogP contribution in [-0.4, -0.2) is 31.4 Å². The number of pyridine rings is 1. The van der Waals surface area contributed by atoms with Crippen molar-refractivity contribution in [2.75, 3.05) is 7.11 Å². The first-order valence-corrected chi connectivity index (χ1v) is 13.0. The summed E-state index contributed by atoms with van der Waals surface area (Å²) < 4.78 is 32.9. The van der Waals surface area contributed by atoms with Crippen LogP contribution in [0.25, 0.3) is 21.3 Å². The van der Waals surface area contributed by atoms with Gasteiger partial charge in [0.25, 0.3) is 5.91 Å². The fourth-order valence-electron chi connectivity index (χ4n) is 3.75. The monoisotopic (exact) mass is 503 g/mol. The minimum absolute atomic E-state index is 0.0932. The molecule has 0 saturated carbocycles. The Labute approximate surface area is 206 Å². The molecule has 0 spiro atoms. The van der Waals surface area contributed by atoms with Gasteiger partial charge in [0, 0.05) is 36.4 Å². The number of amides is 1. The summed E-state index contributed by atoms with van der Waals surface area (Å²) in [5, 5.41) is 3.86. The molecule has 35 heavy (non-hydrogen) atoms. The minimum atomic E-state index is -3.80. The average Bonchev–Trinajstić information content (AvgIpc) is 3.57. The molecule has 2 N–H and O–H groups in total. The van der Waals surface area contributed by atoms with Crippen molar-refractivity contribution in [1.29, 1.82) is 0 Å². The molecule has 0 aliphatic heterocycles. The van der Waals surface area contributed by atoms with Crippen LogP contribution in [0, 0.1) is 0 Å². The molecule has 0 aliphatic rings. The number of nitrogens with zero attached hydrogens (tertiary/aromatic N) is 1. The molecule has 0 bridgehead atoms. The number of hydrogen-bond acceptors (Lipinski definition) is 6. The van der Waals surface area contributed by atoms with Gasteiger partial charge in [0.2, 0.25) is 9.84 Å². The van der Waals surface area contributed by atoms with Gasteiger partial charge in [-0.3, -0.25) is 9.78 Å². The Morgan fingerprint density at radius 1 is 1.09 bits per heavy atom. The second-order valence-electron chi connectivity index (χ2n) is 7.80. The molecule has 3 aromatic heterocycles. The number of aromatic nitrogens is 2. The number of aromatic amines is 1. The lowest BCUT2D eigenvalue weighted by atomic mass is 10.1. The maximum atomic E-state index is 13.3. The van der Waals surface area contributed by atoms with Gasteiger partial charge in [-0.25, -0.2) is 8.42 Å². The van der Waals surface area contributed by atoms with Crippen molar-refractivity contribution in [2.45, 2.75) is 16.3 Å². The maximum Gasteiger partial charge on any atom is 0.261 e. The normalized spacial score (nSPS) is 11.5. The first kappa shape index (κ1) is 22.8. The maximum absolute atomic E-state index is 13.3. The summed E-state index contributed by atoms with van der Waals surface area (Å²) in [5.41, 5.74) is 2.48. The van der Waals surface area contributed by atoms with Crippen molar-refractivity contribution >= 4 is 37.2 Å². The van der Waals surface area contributed by atoms with Crippen LogP contribution in [0.4, 0.5) is 0 Å². The van der Waals surface area contributed by atoms with Gasteiger partial charge in [-0.05, 0) is 59.5 Å². The number of fused-ring (bicyclic) bond motifs is 1. The van der Waals surface area contributed by atoms with Crippen molar-refractivity contribution in [2.24, 2.45) is 0 Å². The van der Waals surface area contributed by atoms with Gasteiger partial charge < -0.3 is 15.0 Å². The second-order valence-corrected chi connectivity index (χ2v) is 10.8. The van der Waals surface area contributed by atoms with Crippen LogP contribution in [-0.2, 0) is 16.4 Å².